The van der Waals surface area contributed by atoms with E-state index < -0.39 is 0 Å². The number of pyridine rings is 1. The summed E-state index contributed by atoms with van der Waals surface area (Å²) in [5, 5.41) is 5.28. The molecule has 4 rings (SSSR count). The molecule has 0 saturated carbocycles. The zero-order valence-electron chi connectivity index (χ0n) is 19.7. The Balaban J connectivity index is 1.54. The number of carbonyl (C=O) groups excluding carboxylic acids is 1. The molecule has 0 radical (unpaired) electrons. The standard InChI is InChI=1S/C25H31FN4O3/c1-16-21(17(2)27-24-23(16)25(32-4)28-29(24)3)10-11-22(31)30(15-20-9-6-12-33-20)14-18-7-5-8-19(26)13-18/h5,7-8,13,20H,6,9-12,14-15H2,1-4H3. The number of fused-ring (bicyclic) bond motifs is 1. The van der Waals surface area contributed by atoms with Crippen LogP contribution in [0.5, 0.6) is 5.88 Å². The number of aromatic nitrogens is 3. The summed E-state index contributed by atoms with van der Waals surface area (Å²) in [4.78, 5) is 19.8. The third-order valence-electron chi connectivity index (χ3n) is 6.37. The highest BCUT2D eigenvalue weighted by atomic mass is 19.1. The molecule has 1 atom stereocenters. The first kappa shape index (κ1) is 23.2. The van der Waals surface area contributed by atoms with Gasteiger partial charge in [-0.05, 0) is 61.9 Å². The Labute approximate surface area is 193 Å². The first-order chi connectivity index (χ1) is 15.9. The monoisotopic (exact) mass is 454 g/mol. The van der Waals surface area contributed by atoms with Crippen LogP contribution in [0.15, 0.2) is 24.3 Å². The van der Waals surface area contributed by atoms with E-state index in [1.54, 1.807) is 22.8 Å². The molecule has 7 nitrogen and oxygen atoms in total. The Morgan fingerprint density at radius 2 is 2.18 bits per heavy atom. The minimum atomic E-state index is -0.298. The Bertz CT molecular complexity index is 1150. The topological polar surface area (TPSA) is 69.5 Å². The van der Waals surface area contributed by atoms with Crippen molar-refractivity contribution in [2.75, 3.05) is 20.3 Å². The van der Waals surface area contributed by atoms with Gasteiger partial charge in [-0.2, -0.15) is 0 Å². The average Bonchev–Trinajstić information content (AvgIpc) is 3.40. The lowest BCUT2D eigenvalue weighted by molar-refractivity contribution is -0.133. The van der Waals surface area contributed by atoms with E-state index in [9.17, 15) is 9.18 Å². The van der Waals surface area contributed by atoms with Gasteiger partial charge in [-0.1, -0.05) is 12.1 Å². The third kappa shape index (κ3) is 5.00. The molecule has 1 aromatic carbocycles. The molecule has 1 saturated heterocycles. The van der Waals surface area contributed by atoms with E-state index in [0.717, 1.165) is 52.9 Å². The number of halogens is 1. The predicted molar refractivity (Wildman–Crippen MR) is 124 cm³/mol. The second-order valence-electron chi connectivity index (χ2n) is 8.67. The summed E-state index contributed by atoms with van der Waals surface area (Å²) in [6.45, 7) is 5.59. The number of nitrogens with zero attached hydrogens (tertiary/aromatic N) is 4. The maximum Gasteiger partial charge on any atom is 0.242 e. The van der Waals surface area contributed by atoms with Crippen molar-refractivity contribution in [1.29, 1.82) is 0 Å². The largest absolute Gasteiger partial charge is 0.479 e. The van der Waals surface area contributed by atoms with Crippen LogP contribution in [0.2, 0.25) is 0 Å². The summed E-state index contributed by atoms with van der Waals surface area (Å²) in [6.07, 6.45) is 2.86. The van der Waals surface area contributed by atoms with Crippen molar-refractivity contribution in [3.63, 3.8) is 0 Å². The summed E-state index contributed by atoms with van der Waals surface area (Å²) in [5.41, 5.74) is 4.49. The highest BCUT2D eigenvalue weighted by Crippen LogP contribution is 2.30. The molecule has 1 aliphatic rings. The van der Waals surface area contributed by atoms with Gasteiger partial charge in [-0.15, -0.1) is 5.10 Å². The lowest BCUT2D eigenvalue weighted by Crippen LogP contribution is -2.37. The third-order valence-corrected chi connectivity index (χ3v) is 6.37. The van der Waals surface area contributed by atoms with Crippen LogP contribution in [0.1, 0.15) is 41.6 Å². The molecule has 0 aliphatic carbocycles. The van der Waals surface area contributed by atoms with E-state index in [-0.39, 0.29) is 17.8 Å². The number of hydrogen-bond acceptors (Lipinski definition) is 5. The van der Waals surface area contributed by atoms with Crippen molar-refractivity contribution in [3.8, 4) is 5.88 Å². The smallest absolute Gasteiger partial charge is 0.242 e. The van der Waals surface area contributed by atoms with E-state index in [0.29, 0.717) is 31.8 Å². The zero-order valence-corrected chi connectivity index (χ0v) is 19.7. The second kappa shape index (κ2) is 9.87. The molecule has 1 fully saturated rings. The highest BCUT2D eigenvalue weighted by Gasteiger charge is 2.24. The number of aryl methyl sites for hydroxylation is 3. The van der Waals surface area contributed by atoms with E-state index in [1.807, 2.05) is 27.0 Å². The van der Waals surface area contributed by atoms with Gasteiger partial charge in [0.25, 0.3) is 0 Å². The summed E-state index contributed by atoms with van der Waals surface area (Å²) < 4.78 is 26.7. The Kier molecular flexibility index (Phi) is 6.93. The van der Waals surface area contributed by atoms with E-state index in [4.69, 9.17) is 14.5 Å². The van der Waals surface area contributed by atoms with Gasteiger partial charge in [0.15, 0.2) is 5.65 Å². The molecule has 0 N–H and O–H groups in total. The van der Waals surface area contributed by atoms with Crippen molar-refractivity contribution >= 4 is 16.9 Å². The normalized spacial score (nSPS) is 15.8. The summed E-state index contributed by atoms with van der Waals surface area (Å²) >= 11 is 0. The van der Waals surface area contributed by atoms with E-state index in [1.165, 1.54) is 12.1 Å². The summed E-state index contributed by atoms with van der Waals surface area (Å²) in [7, 11) is 3.44. The predicted octanol–water partition coefficient (Wildman–Crippen LogP) is 3.87. The van der Waals surface area contributed by atoms with E-state index >= 15 is 0 Å². The molecular formula is C25H31FN4O3. The Hall–Kier alpha value is -3.00. The Morgan fingerprint density at radius 1 is 1.36 bits per heavy atom. The van der Waals surface area contributed by atoms with Crippen molar-refractivity contribution in [1.82, 2.24) is 19.7 Å². The number of amides is 1. The van der Waals surface area contributed by atoms with Gasteiger partial charge >= 0.3 is 0 Å². The second-order valence-corrected chi connectivity index (χ2v) is 8.67. The molecule has 1 amide bonds. The quantitative estimate of drug-likeness (QED) is 0.517. The van der Waals surface area contributed by atoms with Gasteiger partial charge in [0.1, 0.15) is 5.82 Å². The fraction of sp³-hybridized carbons (Fsp3) is 0.480. The highest BCUT2D eigenvalue weighted by molar-refractivity contribution is 5.86. The molecule has 0 bridgehead atoms. The SMILES string of the molecule is COc1nn(C)c2nc(C)c(CCC(=O)N(Cc3cccc(F)c3)CC3CCCO3)c(C)c12. The van der Waals surface area contributed by atoms with Gasteiger partial charge in [0.05, 0.1) is 18.6 Å². The molecule has 1 aliphatic heterocycles. The molecule has 176 valence electrons. The van der Waals surface area contributed by atoms with Crippen LogP contribution in [0.25, 0.3) is 11.0 Å². The van der Waals surface area contributed by atoms with Crippen molar-refractivity contribution < 1.29 is 18.7 Å². The van der Waals surface area contributed by atoms with Crippen LogP contribution >= 0.6 is 0 Å². The van der Waals surface area contributed by atoms with Crippen LogP contribution in [0, 0.1) is 19.7 Å². The number of hydrogen-bond donors (Lipinski definition) is 0. The Morgan fingerprint density at radius 3 is 2.88 bits per heavy atom. The fourth-order valence-electron chi connectivity index (χ4n) is 4.64. The first-order valence-corrected chi connectivity index (χ1v) is 11.4. The van der Waals surface area contributed by atoms with E-state index in [2.05, 4.69) is 5.10 Å². The van der Waals surface area contributed by atoms with Crippen molar-refractivity contribution in [2.24, 2.45) is 7.05 Å². The first-order valence-electron chi connectivity index (χ1n) is 11.4. The maximum absolute atomic E-state index is 13.7. The number of carbonyl (C=O) groups is 1. The molecular weight excluding hydrogens is 423 g/mol. The van der Waals surface area contributed by atoms with Crippen LogP contribution < -0.4 is 4.74 Å². The van der Waals surface area contributed by atoms with Crippen LogP contribution in [-0.4, -0.2) is 51.9 Å². The number of ether oxygens (including phenoxy) is 2. The number of benzene rings is 1. The summed E-state index contributed by atoms with van der Waals surface area (Å²) in [6, 6.07) is 6.42. The van der Waals surface area contributed by atoms with Gasteiger partial charge < -0.3 is 14.4 Å². The van der Waals surface area contributed by atoms with Gasteiger partial charge in [-0.3, -0.25) is 4.79 Å². The average molecular weight is 455 g/mol. The number of methoxy groups -OCH3 is 1. The van der Waals surface area contributed by atoms with Gasteiger partial charge in [-0.25, -0.2) is 14.1 Å². The van der Waals surface area contributed by atoms with Gasteiger partial charge in [0.2, 0.25) is 11.8 Å². The van der Waals surface area contributed by atoms with Crippen LogP contribution in [0.4, 0.5) is 4.39 Å². The summed E-state index contributed by atoms with van der Waals surface area (Å²) in [5.74, 6) is 0.260. The molecule has 3 aromatic rings. The fourth-order valence-corrected chi connectivity index (χ4v) is 4.64. The molecule has 2 aromatic heterocycles. The van der Waals surface area contributed by atoms with Crippen LogP contribution in [0.3, 0.4) is 0 Å². The molecule has 1 unspecified atom stereocenters. The molecule has 3 heterocycles. The molecule has 33 heavy (non-hydrogen) atoms. The van der Waals surface area contributed by atoms with Crippen molar-refractivity contribution in [3.05, 3.63) is 52.5 Å². The minimum absolute atomic E-state index is 0.0202. The van der Waals surface area contributed by atoms with Crippen molar-refractivity contribution in [2.45, 2.75) is 52.2 Å². The molecule has 0 spiro atoms. The zero-order chi connectivity index (χ0) is 23.5. The lowest BCUT2D eigenvalue weighted by atomic mass is 9.99. The van der Waals surface area contributed by atoms with Gasteiger partial charge in [0, 0.05) is 38.9 Å². The number of rotatable bonds is 8. The maximum atomic E-state index is 13.7. The molecule has 8 heteroatoms. The van der Waals surface area contributed by atoms with Crippen LogP contribution in [-0.2, 0) is 29.5 Å². The minimum Gasteiger partial charge on any atom is -0.479 e. The lowest BCUT2D eigenvalue weighted by Gasteiger charge is -2.26.